The summed E-state index contributed by atoms with van der Waals surface area (Å²) in [5, 5.41) is 3.57. The predicted octanol–water partition coefficient (Wildman–Crippen LogP) is 3.84. The number of rotatable bonds is 2. The summed E-state index contributed by atoms with van der Waals surface area (Å²) in [6.45, 7) is 11.4. The number of fused-ring (bicyclic) bond motifs is 2. The second-order valence-electron chi connectivity index (χ2n) is 8.35. The van der Waals surface area contributed by atoms with Crippen molar-refractivity contribution in [1.29, 1.82) is 0 Å². The summed E-state index contributed by atoms with van der Waals surface area (Å²) >= 11 is 0. The molecule has 0 bridgehead atoms. The van der Waals surface area contributed by atoms with E-state index in [9.17, 15) is 4.79 Å². The van der Waals surface area contributed by atoms with Crippen LogP contribution < -0.4 is 10.2 Å². The van der Waals surface area contributed by atoms with Crippen molar-refractivity contribution < 1.29 is 9.53 Å². The van der Waals surface area contributed by atoms with Crippen LogP contribution in [-0.4, -0.2) is 49.8 Å². The third kappa shape index (κ3) is 3.55. The van der Waals surface area contributed by atoms with E-state index in [1.165, 1.54) is 16.9 Å². The molecular formula is C20H31N3O2. The van der Waals surface area contributed by atoms with E-state index >= 15 is 0 Å². The lowest BCUT2D eigenvalue weighted by Gasteiger charge is -2.40. The van der Waals surface area contributed by atoms with Crippen LogP contribution in [0.4, 0.5) is 16.2 Å². The van der Waals surface area contributed by atoms with Crippen LogP contribution in [0.1, 0.15) is 46.1 Å². The smallest absolute Gasteiger partial charge is 0.410 e. The Morgan fingerprint density at radius 1 is 1.32 bits per heavy atom. The van der Waals surface area contributed by atoms with Crippen LogP contribution in [0, 0.1) is 0 Å². The zero-order valence-electron chi connectivity index (χ0n) is 16.2. The van der Waals surface area contributed by atoms with E-state index in [0.717, 1.165) is 39.0 Å². The van der Waals surface area contributed by atoms with Crippen molar-refractivity contribution in [2.75, 3.05) is 43.4 Å². The molecule has 1 N–H and O–H groups in total. The fourth-order valence-corrected chi connectivity index (χ4v) is 3.79. The number of hydrogen-bond acceptors (Lipinski definition) is 4. The number of anilines is 2. The van der Waals surface area contributed by atoms with Crippen molar-refractivity contribution in [3.63, 3.8) is 0 Å². The summed E-state index contributed by atoms with van der Waals surface area (Å²) < 4.78 is 5.53. The highest BCUT2D eigenvalue weighted by molar-refractivity contribution is 5.70. The van der Waals surface area contributed by atoms with Crippen molar-refractivity contribution >= 4 is 17.5 Å². The number of carbonyl (C=O) groups excluding carboxylic acids is 1. The first kappa shape index (κ1) is 17.9. The molecule has 1 fully saturated rings. The van der Waals surface area contributed by atoms with E-state index in [1.807, 2.05) is 25.7 Å². The molecule has 0 aliphatic carbocycles. The Hall–Kier alpha value is -1.91. The Balaban J connectivity index is 1.74. The van der Waals surface area contributed by atoms with Gasteiger partial charge in [-0.25, -0.2) is 4.79 Å². The maximum absolute atomic E-state index is 12.3. The summed E-state index contributed by atoms with van der Waals surface area (Å²) in [5.41, 5.74) is 3.62. The number of nitrogens with zero attached hydrogens (tertiary/aromatic N) is 2. The Kier molecular flexibility index (Phi) is 4.60. The molecule has 5 heteroatoms. The summed E-state index contributed by atoms with van der Waals surface area (Å²) in [6.07, 6.45) is 1.77. The van der Waals surface area contributed by atoms with Gasteiger partial charge >= 0.3 is 6.09 Å². The number of carbonyl (C=O) groups is 1. The summed E-state index contributed by atoms with van der Waals surface area (Å²) in [4.78, 5) is 16.4. The lowest BCUT2D eigenvalue weighted by molar-refractivity contribution is 0.0172. The van der Waals surface area contributed by atoms with Crippen LogP contribution in [0.25, 0.3) is 0 Å². The van der Waals surface area contributed by atoms with Gasteiger partial charge in [-0.05, 0) is 64.3 Å². The number of nitrogens with one attached hydrogen (secondary N) is 1. The molecule has 2 heterocycles. The highest BCUT2D eigenvalue weighted by atomic mass is 16.6. The number of amides is 1. The molecule has 1 amide bonds. The molecule has 1 saturated heterocycles. The molecule has 1 aromatic rings. The average Bonchev–Trinajstić information content (AvgIpc) is 2.91. The zero-order chi connectivity index (χ0) is 18.2. The molecule has 5 nitrogen and oxygen atoms in total. The van der Waals surface area contributed by atoms with Gasteiger partial charge in [-0.3, -0.25) is 0 Å². The predicted molar refractivity (Wildman–Crippen MR) is 103 cm³/mol. The number of ether oxygens (including phenoxy) is 1. The van der Waals surface area contributed by atoms with Crippen molar-refractivity contribution in [3.05, 3.63) is 23.8 Å². The van der Waals surface area contributed by atoms with Crippen LogP contribution in [-0.2, 0) is 10.2 Å². The molecule has 25 heavy (non-hydrogen) atoms. The molecule has 2 aliphatic rings. The lowest BCUT2D eigenvalue weighted by Crippen LogP contribution is -2.47. The minimum atomic E-state index is -0.437. The van der Waals surface area contributed by atoms with Gasteiger partial charge in [-0.1, -0.05) is 0 Å². The SMILES string of the molecule is CCN(C)c1ccc2c(c1)C1(CCN(C(=O)OC(C)(C)C)CC1)CN2. The molecule has 0 radical (unpaired) electrons. The van der Waals surface area contributed by atoms with E-state index in [1.54, 1.807) is 0 Å². The molecule has 2 aliphatic heterocycles. The van der Waals surface area contributed by atoms with Crippen LogP contribution in [0.3, 0.4) is 0 Å². The fourth-order valence-electron chi connectivity index (χ4n) is 3.79. The number of hydrogen-bond donors (Lipinski definition) is 1. The van der Waals surface area contributed by atoms with Crippen LogP contribution >= 0.6 is 0 Å². The van der Waals surface area contributed by atoms with Gasteiger partial charge < -0.3 is 19.9 Å². The van der Waals surface area contributed by atoms with Gasteiger partial charge in [0.2, 0.25) is 0 Å². The first-order valence-electron chi connectivity index (χ1n) is 9.31. The second kappa shape index (κ2) is 6.43. The quantitative estimate of drug-likeness (QED) is 0.885. The maximum Gasteiger partial charge on any atom is 0.410 e. The summed E-state index contributed by atoms with van der Waals surface area (Å²) in [5.74, 6) is 0. The minimum Gasteiger partial charge on any atom is -0.444 e. The van der Waals surface area contributed by atoms with Gasteiger partial charge in [0.05, 0.1) is 0 Å². The highest BCUT2D eigenvalue weighted by Gasteiger charge is 2.43. The molecule has 0 saturated carbocycles. The largest absolute Gasteiger partial charge is 0.444 e. The van der Waals surface area contributed by atoms with Gasteiger partial charge in [0.15, 0.2) is 0 Å². The third-order valence-corrected chi connectivity index (χ3v) is 5.48. The van der Waals surface area contributed by atoms with Gasteiger partial charge in [0.25, 0.3) is 0 Å². The van der Waals surface area contributed by atoms with Gasteiger partial charge in [0.1, 0.15) is 5.60 Å². The third-order valence-electron chi connectivity index (χ3n) is 5.48. The Labute approximate surface area is 151 Å². The van der Waals surface area contributed by atoms with Crippen molar-refractivity contribution in [3.8, 4) is 0 Å². The van der Waals surface area contributed by atoms with Crippen molar-refractivity contribution in [1.82, 2.24) is 4.90 Å². The number of piperidine rings is 1. The molecule has 0 unspecified atom stereocenters. The Morgan fingerprint density at radius 2 is 2.00 bits per heavy atom. The monoisotopic (exact) mass is 345 g/mol. The topological polar surface area (TPSA) is 44.8 Å². The molecular weight excluding hydrogens is 314 g/mol. The highest BCUT2D eigenvalue weighted by Crippen LogP contribution is 2.45. The van der Waals surface area contributed by atoms with Crippen LogP contribution in [0.2, 0.25) is 0 Å². The summed E-state index contributed by atoms with van der Waals surface area (Å²) in [7, 11) is 2.13. The van der Waals surface area contributed by atoms with Crippen LogP contribution in [0.15, 0.2) is 18.2 Å². The van der Waals surface area contributed by atoms with E-state index in [4.69, 9.17) is 4.74 Å². The first-order valence-corrected chi connectivity index (χ1v) is 9.31. The van der Waals surface area contributed by atoms with Gasteiger partial charge in [-0.15, -0.1) is 0 Å². The lowest BCUT2D eigenvalue weighted by atomic mass is 9.74. The maximum atomic E-state index is 12.3. The Bertz CT molecular complexity index is 643. The van der Waals surface area contributed by atoms with Crippen molar-refractivity contribution in [2.24, 2.45) is 0 Å². The fraction of sp³-hybridized carbons (Fsp3) is 0.650. The Morgan fingerprint density at radius 3 is 2.60 bits per heavy atom. The normalized spacial score (nSPS) is 18.7. The summed E-state index contributed by atoms with van der Waals surface area (Å²) in [6, 6.07) is 6.72. The number of benzene rings is 1. The molecule has 138 valence electrons. The van der Waals surface area contributed by atoms with Gasteiger partial charge in [0, 0.05) is 50.0 Å². The van der Waals surface area contributed by atoms with Crippen LogP contribution in [0.5, 0.6) is 0 Å². The van der Waals surface area contributed by atoms with Gasteiger partial charge in [-0.2, -0.15) is 0 Å². The van der Waals surface area contributed by atoms with E-state index < -0.39 is 5.60 Å². The molecule has 1 spiro atoms. The molecule has 3 rings (SSSR count). The second-order valence-corrected chi connectivity index (χ2v) is 8.35. The number of likely N-dealkylation sites (tertiary alicyclic amines) is 1. The molecule has 0 atom stereocenters. The van der Waals surface area contributed by atoms with E-state index in [0.29, 0.717) is 0 Å². The zero-order valence-corrected chi connectivity index (χ0v) is 16.2. The van der Waals surface area contributed by atoms with Crippen molar-refractivity contribution in [2.45, 2.75) is 51.6 Å². The van der Waals surface area contributed by atoms with E-state index in [-0.39, 0.29) is 11.5 Å². The molecule has 1 aromatic carbocycles. The van der Waals surface area contributed by atoms with E-state index in [2.05, 4.69) is 42.4 Å². The standard InChI is InChI=1S/C20H31N3O2/c1-6-22(5)15-7-8-17-16(13-15)20(14-21-17)9-11-23(12-10-20)18(24)25-19(2,3)4/h7-8,13,21H,6,9-12,14H2,1-5H3. The average molecular weight is 345 g/mol. The first-order chi connectivity index (χ1) is 11.7. The molecule has 0 aromatic heterocycles. The minimum absolute atomic E-state index is 0.137.